The average molecular weight is 232 g/mol. The van der Waals surface area contributed by atoms with E-state index in [1.807, 2.05) is 30.3 Å². The van der Waals surface area contributed by atoms with Crippen LogP contribution in [0.25, 0.3) is 0 Å². The van der Waals surface area contributed by atoms with Gasteiger partial charge in [0.25, 0.3) is 0 Å². The largest absolute Gasteiger partial charge is 0.575 e. The highest BCUT2D eigenvalue weighted by atomic mass is 19.4. The van der Waals surface area contributed by atoms with Crippen LogP contribution in [0.5, 0.6) is 0 Å². The minimum absolute atomic E-state index is 0.228. The first-order valence-electron chi connectivity index (χ1n) is 4.80. The van der Waals surface area contributed by atoms with Crippen LogP contribution >= 0.6 is 0 Å². The molecule has 0 bridgehead atoms. The van der Waals surface area contributed by atoms with Crippen LogP contribution in [-0.2, 0) is 16.0 Å². The van der Waals surface area contributed by atoms with E-state index in [9.17, 15) is 18.0 Å². The zero-order valence-electron chi connectivity index (χ0n) is 8.46. The molecule has 5 heteroatoms. The van der Waals surface area contributed by atoms with Gasteiger partial charge < -0.3 is 4.74 Å². The smallest absolute Gasteiger partial charge is 0.373 e. The molecule has 0 N–H and O–H groups in total. The van der Waals surface area contributed by atoms with Crippen molar-refractivity contribution in [3.63, 3.8) is 0 Å². The summed E-state index contributed by atoms with van der Waals surface area (Å²) in [5.74, 6) is -1.23. The van der Waals surface area contributed by atoms with Crippen molar-refractivity contribution in [1.29, 1.82) is 0 Å². The zero-order chi connectivity index (χ0) is 12.0. The molecule has 0 saturated heterocycles. The third-order valence-electron chi connectivity index (χ3n) is 1.92. The lowest BCUT2D eigenvalue weighted by Crippen LogP contribution is -2.19. The Bertz CT molecular complexity index is 333. The number of benzene rings is 1. The Morgan fingerprint density at radius 2 is 1.81 bits per heavy atom. The zero-order valence-corrected chi connectivity index (χ0v) is 8.46. The molecule has 0 aliphatic carbocycles. The summed E-state index contributed by atoms with van der Waals surface area (Å²) in [6.45, 7) is 0. The van der Waals surface area contributed by atoms with Gasteiger partial charge in [0.05, 0.1) is 0 Å². The SMILES string of the molecule is O=C(CCCc1ccccc1)OC(F)(F)F. The summed E-state index contributed by atoms with van der Waals surface area (Å²) in [6, 6.07) is 9.23. The molecule has 16 heavy (non-hydrogen) atoms. The second-order valence-electron chi connectivity index (χ2n) is 3.26. The Kier molecular flexibility index (Phi) is 4.34. The summed E-state index contributed by atoms with van der Waals surface area (Å²) >= 11 is 0. The van der Waals surface area contributed by atoms with Crippen molar-refractivity contribution in [2.24, 2.45) is 0 Å². The van der Waals surface area contributed by atoms with Crippen molar-refractivity contribution in [3.8, 4) is 0 Å². The molecule has 88 valence electrons. The number of aryl methyl sites for hydroxylation is 1. The van der Waals surface area contributed by atoms with E-state index in [1.54, 1.807) is 0 Å². The van der Waals surface area contributed by atoms with E-state index in [2.05, 4.69) is 4.74 Å². The highest BCUT2D eigenvalue weighted by Gasteiger charge is 2.33. The van der Waals surface area contributed by atoms with Crippen LogP contribution in [0.2, 0.25) is 0 Å². The maximum Gasteiger partial charge on any atom is 0.575 e. The Labute approximate surface area is 91.0 Å². The van der Waals surface area contributed by atoms with Crippen LogP contribution < -0.4 is 0 Å². The van der Waals surface area contributed by atoms with Crippen molar-refractivity contribution >= 4 is 5.97 Å². The van der Waals surface area contributed by atoms with Crippen molar-refractivity contribution in [2.75, 3.05) is 0 Å². The molecular weight excluding hydrogens is 221 g/mol. The van der Waals surface area contributed by atoms with Crippen LogP contribution in [-0.4, -0.2) is 12.3 Å². The van der Waals surface area contributed by atoms with Gasteiger partial charge in [-0.25, -0.2) is 0 Å². The molecule has 1 rings (SSSR count). The number of hydrogen-bond acceptors (Lipinski definition) is 2. The molecular formula is C11H11F3O2. The average Bonchev–Trinajstić information content (AvgIpc) is 2.16. The van der Waals surface area contributed by atoms with Gasteiger partial charge in [0.1, 0.15) is 0 Å². The minimum atomic E-state index is -4.87. The Morgan fingerprint density at radius 3 is 2.38 bits per heavy atom. The summed E-state index contributed by atoms with van der Waals surface area (Å²) in [7, 11) is 0. The second-order valence-corrected chi connectivity index (χ2v) is 3.26. The molecule has 1 aromatic rings. The van der Waals surface area contributed by atoms with Gasteiger partial charge in [-0.15, -0.1) is 13.2 Å². The van der Waals surface area contributed by atoms with E-state index < -0.39 is 12.3 Å². The summed E-state index contributed by atoms with van der Waals surface area (Å²) in [5.41, 5.74) is 0.988. The van der Waals surface area contributed by atoms with E-state index in [0.717, 1.165) is 5.56 Å². The van der Waals surface area contributed by atoms with Crippen LogP contribution in [0.3, 0.4) is 0 Å². The number of ether oxygens (including phenoxy) is 1. The highest BCUT2D eigenvalue weighted by Crippen LogP contribution is 2.17. The van der Waals surface area contributed by atoms with Gasteiger partial charge in [-0.3, -0.25) is 4.79 Å². The fourth-order valence-corrected chi connectivity index (χ4v) is 1.26. The maximum atomic E-state index is 11.6. The van der Waals surface area contributed by atoms with E-state index in [0.29, 0.717) is 12.8 Å². The lowest BCUT2D eigenvalue weighted by atomic mass is 10.1. The standard InChI is InChI=1S/C11H11F3O2/c12-11(13,14)16-10(15)8-4-7-9-5-2-1-3-6-9/h1-3,5-6H,4,7-8H2. The third-order valence-corrected chi connectivity index (χ3v) is 1.92. The van der Waals surface area contributed by atoms with Gasteiger partial charge in [0, 0.05) is 6.42 Å². The quantitative estimate of drug-likeness (QED) is 0.746. The third kappa shape index (κ3) is 5.38. The monoisotopic (exact) mass is 232 g/mol. The molecule has 0 heterocycles. The fourth-order valence-electron chi connectivity index (χ4n) is 1.26. The van der Waals surface area contributed by atoms with Gasteiger partial charge in [-0.2, -0.15) is 0 Å². The van der Waals surface area contributed by atoms with E-state index in [1.165, 1.54) is 0 Å². The predicted molar refractivity (Wildman–Crippen MR) is 51.5 cm³/mol. The fraction of sp³-hybridized carbons (Fsp3) is 0.364. The summed E-state index contributed by atoms with van der Waals surface area (Å²) in [5, 5.41) is 0. The molecule has 0 spiro atoms. The number of halogens is 3. The second kappa shape index (κ2) is 5.53. The predicted octanol–water partition coefficient (Wildman–Crippen LogP) is 3.07. The number of alkyl halides is 3. The minimum Gasteiger partial charge on any atom is -0.373 e. The molecule has 0 amide bonds. The summed E-state index contributed by atoms with van der Waals surface area (Å²) in [6.07, 6.45) is -4.19. The Balaban J connectivity index is 2.24. The number of hydrogen-bond donors (Lipinski definition) is 0. The van der Waals surface area contributed by atoms with Gasteiger partial charge >= 0.3 is 12.3 Å². The molecule has 0 aliphatic rings. The number of esters is 1. The highest BCUT2D eigenvalue weighted by molar-refractivity contribution is 5.69. The van der Waals surface area contributed by atoms with Crippen LogP contribution in [0.15, 0.2) is 30.3 Å². The molecule has 2 nitrogen and oxygen atoms in total. The van der Waals surface area contributed by atoms with Crippen LogP contribution in [0, 0.1) is 0 Å². The molecule has 0 radical (unpaired) electrons. The van der Waals surface area contributed by atoms with Crippen LogP contribution in [0.1, 0.15) is 18.4 Å². The molecule has 0 aromatic heterocycles. The van der Waals surface area contributed by atoms with Gasteiger partial charge in [-0.05, 0) is 18.4 Å². The maximum absolute atomic E-state index is 11.6. The lowest BCUT2D eigenvalue weighted by molar-refractivity contribution is -0.305. The first-order chi connectivity index (χ1) is 7.47. The number of carbonyl (C=O) groups is 1. The van der Waals surface area contributed by atoms with Gasteiger partial charge in [0.2, 0.25) is 0 Å². The van der Waals surface area contributed by atoms with E-state index in [-0.39, 0.29) is 6.42 Å². The molecule has 1 aromatic carbocycles. The normalized spacial score (nSPS) is 11.2. The number of carbonyl (C=O) groups excluding carboxylic acids is 1. The summed E-state index contributed by atoms with van der Waals surface area (Å²) < 4.78 is 38.1. The van der Waals surface area contributed by atoms with Gasteiger partial charge in [0.15, 0.2) is 0 Å². The molecule has 0 aliphatic heterocycles. The van der Waals surface area contributed by atoms with Crippen molar-refractivity contribution in [1.82, 2.24) is 0 Å². The first-order valence-corrected chi connectivity index (χ1v) is 4.80. The Hall–Kier alpha value is -1.52. The molecule has 0 saturated carbocycles. The molecule has 0 unspecified atom stereocenters. The van der Waals surface area contributed by atoms with E-state index in [4.69, 9.17) is 0 Å². The van der Waals surface area contributed by atoms with Crippen molar-refractivity contribution in [3.05, 3.63) is 35.9 Å². The van der Waals surface area contributed by atoms with Crippen molar-refractivity contribution in [2.45, 2.75) is 25.6 Å². The van der Waals surface area contributed by atoms with Gasteiger partial charge in [-0.1, -0.05) is 30.3 Å². The van der Waals surface area contributed by atoms with Crippen LogP contribution in [0.4, 0.5) is 13.2 Å². The van der Waals surface area contributed by atoms with Crippen molar-refractivity contribution < 1.29 is 22.7 Å². The number of rotatable bonds is 4. The molecule has 0 fully saturated rings. The van der Waals surface area contributed by atoms with E-state index >= 15 is 0 Å². The topological polar surface area (TPSA) is 26.3 Å². The Morgan fingerprint density at radius 1 is 1.19 bits per heavy atom. The lowest BCUT2D eigenvalue weighted by Gasteiger charge is -2.06. The molecule has 0 atom stereocenters. The first kappa shape index (κ1) is 12.5. The summed E-state index contributed by atoms with van der Waals surface area (Å²) in [4.78, 5) is 10.7.